The van der Waals surface area contributed by atoms with Gasteiger partial charge in [0.2, 0.25) is 5.79 Å². The molecule has 1 aromatic heterocycles. The van der Waals surface area contributed by atoms with Gasteiger partial charge in [0.05, 0.1) is 18.9 Å². The van der Waals surface area contributed by atoms with E-state index in [2.05, 4.69) is 4.98 Å². The normalized spacial score (nSPS) is 19.1. The van der Waals surface area contributed by atoms with Crippen LogP contribution in [0.5, 0.6) is 0 Å². The lowest BCUT2D eigenvalue weighted by Gasteiger charge is -2.21. The number of hydrogen-bond acceptors (Lipinski definition) is 4. The summed E-state index contributed by atoms with van der Waals surface area (Å²) < 4.78 is 10.9. The van der Waals surface area contributed by atoms with E-state index in [1.807, 2.05) is 6.92 Å². The number of carbonyl (C=O) groups excluding carboxylic acids is 1. The van der Waals surface area contributed by atoms with Crippen LogP contribution in [0.1, 0.15) is 30.0 Å². The lowest BCUT2D eigenvalue weighted by atomic mass is 10.1. The molecular formula is C11H13NO3. The first-order chi connectivity index (χ1) is 7.12. The van der Waals surface area contributed by atoms with Crippen LogP contribution >= 0.6 is 0 Å². The monoisotopic (exact) mass is 207 g/mol. The molecule has 1 saturated heterocycles. The summed E-state index contributed by atoms with van der Waals surface area (Å²) in [5.74, 6) is -0.857. The Morgan fingerprint density at radius 2 is 2.07 bits per heavy atom. The highest BCUT2D eigenvalue weighted by Gasteiger charge is 2.34. The van der Waals surface area contributed by atoms with E-state index >= 15 is 0 Å². The van der Waals surface area contributed by atoms with E-state index in [9.17, 15) is 4.79 Å². The number of rotatable bonds is 2. The molecule has 0 aliphatic carbocycles. The number of carbonyl (C=O) groups is 1. The van der Waals surface area contributed by atoms with Crippen LogP contribution in [0.4, 0.5) is 0 Å². The average molecular weight is 207 g/mol. The SMILES string of the molecule is CC(=O)c1cccc(C2(C)OCCO2)n1. The first-order valence-corrected chi connectivity index (χ1v) is 4.88. The van der Waals surface area contributed by atoms with Gasteiger partial charge in [0.25, 0.3) is 0 Å². The maximum absolute atomic E-state index is 11.2. The molecular weight excluding hydrogens is 194 g/mol. The van der Waals surface area contributed by atoms with Crippen LogP contribution in [0.2, 0.25) is 0 Å². The highest BCUT2D eigenvalue weighted by Crippen LogP contribution is 2.29. The number of pyridine rings is 1. The van der Waals surface area contributed by atoms with Gasteiger partial charge in [-0.15, -0.1) is 0 Å². The quantitative estimate of drug-likeness (QED) is 0.689. The van der Waals surface area contributed by atoms with E-state index in [1.54, 1.807) is 18.2 Å². The van der Waals surface area contributed by atoms with Gasteiger partial charge in [-0.05, 0) is 19.1 Å². The largest absolute Gasteiger partial charge is 0.342 e. The third-order valence-electron chi connectivity index (χ3n) is 2.41. The fourth-order valence-electron chi connectivity index (χ4n) is 1.55. The Morgan fingerprint density at radius 1 is 1.40 bits per heavy atom. The molecule has 4 heteroatoms. The summed E-state index contributed by atoms with van der Waals surface area (Å²) in [5, 5.41) is 0. The molecule has 1 aliphatic rings. The summed E-state index contributed by atoms with van der Waals surface area (Å²) in [4.78, 5) is 15.4. The summed E-state index contributed by atoms with van der Waals surface area (Å²) in [7, 11) is 0. The van der Waals surface area contributed by atoms with Gasteiger partial charge in [0.1, 0.15) is 5.69 Å². The summed E-state index contributed by atoms with van der Waals surface area (Å²) in [6.45, 7) is 4.42. The lowest BCUT2D eigenvalue weighted by Crippen LogP contribution is -2.24. The van der Waals surface area contributed by atoms with Crippen molar-refractivity contribution >= 4 is 5.78 Å². The summed E-state index contributed by atoms with van der Waals surface area (Å²) in [5.41, 5.74) is 1.08. The minimum absolute atomic E-state index is 0.0570. The van der Waals surface area contributed by atoms with Gasteiger partial charge in [-0.25, -0.2) is 4.98 Å². The highest BCUT2D eigenvalue weighted by atomic mass is 16.7. The van der Waals surface area contributed by atoms with Crippen molar-refractivity contribution in [3.05, 3.63) is 29.6 Å². The van der Waals surface area contributed by atoms with E-state index in [1.165, 1.54) is 6.92 Å². The van der Waals surface area contributed by atoms with Crippen molar-refractivity contribution in [3.63, 3.8) is 0 Å². The topological polar surface area (TPSA) is 48.4 Å². The first kappa shape index (κ1) is 10.3. The van der Waals surface area contributed by atoms with Crippen molar-refractivity contribution in [2.45, 2.75) is 19.6 Å². The van der Waals surface area contributed by atoms with Gasteiger partial charge in [0, 0.05) is 6.92 Å². The molecule has 4 nitrogen and oxygen atoms in total. The van der Waals surface area contributed by atoms with Gasteiger partial charge < -0.3 is 9.47 Å². The van der Waals surface area contributed by atoms with Crippen LogP contribution in [0, 0.1) is 0 Å². The number of hydrogen-bond donors (Lipinski definition) is 0. The highest BCUT2D eigenvalue weighted by molar-refractivity contribution is 5.92. The number of ether oxygens (including phenoxy) is 2. The van der Waals surface area contributed by atoms with Gasteiger partial charge in [0.15, 0.2) is 5.78 Å². The molecule has 0 N–H and O–H groups in total. The predicted molar refractivity (Wildman–Crippen MR) is 53.5 cm³/mol. The van der Waals surface area contributed by atoms with E-state index in [0.717, 1.165) is 0 Å². The van der Waals surface area contributed by atoms with Gasteiger partial charge in [-0.2, -0.15) is 0 Å². The molecule has 0 bridgehead atoms. The van der Waals surface area contributed by atoms with Crippen LogP contribution in [-0.4, -0.2) is 24.0 Å². The molecule has 1 aliphatic heterocycles. The number of aromatic nitrogens is 1. The molecule has 0 unspecified atom stereocenters. The Kier molecular flexibility index (Phi) is 2.54. The van der Waals surface area contributed by atoms with Crippen molar-refractivity contribution in [1.29, 1.82) is 0 Å². The molecule has 1 aromatic rings. The third-order valence-corrected chi connectivity index (χ3v) is 2.41. The fraction of sp³-hybridized carbons (Fsp3) is 0.455. The van der Waals surface area contributed by atoms with Crippen LogP contribution in [0.25, 0.3) is 0 Å². The standard InChI is InChI=1S/C11H13NO3/c1-8(13)9-4-3-5-10(12-9)11(2)14-6-7-15-11/h3-5H,6-7H2,1-2H3. The van der Waals surface area contributed by atoms with Crippen LogP contribution < -0.4 is 0 Å². The Hall–Kier alpha value is -1.26. The van der Waals surface area contributed by atoms with Gasteiger partial charge >= 0.3 is 0 Å². The van der Waals surface area contributed by atoms with Crippen molar-refractivity contribution in [2.24, 2.45) is 0 Å². The van der Waals surface area contributed by atoms with Gasteiger partial charge in [-0.1, -0.05) is 6.07 Å². The second-order valence-electron chi connectivity index (χ2n) is 3.61. The van der Waals surface area contributed by atoms with Crippen molar-refractivity contribution in [2.75, 3.05) is 13.2 Å². The molecule has 2 rings (SSSR count). The number of nitrogens with zero attached hydrogens (tertiary/aromatic N) is 1. The minimum Gasteiger partial charge on any atom is -0.342 e. The molecule has 0 aromatic carbocycles. The Labute approximate surface area is 88.2 Å². The van der Waals surface area contributed by atoms with E-state index in [0.29, 0.717) is 24.6 Å². The van der Waals surface area contributed by atoms with E-state index in [4.69, 9.17) is 9.47 Å². The smallest absolute Gasteiger partial charge is 0.209 e. The number of ketones is 1. The van der Waals surface area contributed by atoms with Crippen LogP contribution in [-0.2, 0) is 15.3 Å². The van der Waals surface area contributed by atoms with E-state index < -0.39 is 5.79 Å². The fourth-order valence-corrected chi connectivity index (χ4v) is 1.55. The summed E-state index contributed by atoms with van der Waals surface area (Å²) in [6.07, 6.45) is 0. The molecule has 0 atom stereocenters. The average Bonchev–Trinajstić information content (AvgIpc) is 2.67. The molecule has 2 heterocycles. The number of Topliss-reactive ketones (excluding diaryl/α,β-unsaturated/α-hetero) is 1. The lowest BCUT2D eigenvalue weighted by molar-refractivity contribution is -0.152. The predicted octanol–water partition coefficient (Wildman–Crippen LogP) is 1.50. The zero-order valence-electron chi connectivity index (χ0n) is 8.82. The van der Waals surface area contributed by atoms with E-state index in [-0.39, 0.29) is 5.78 Å². The molecule has 1 fully saturated rings. The Balaban J connectivity index is 2.36. The van der Waals surface area contributed by atoms with Crippen molar-refractivity contribution < 1.29 is 14.3 Å². The molecule has 0 spiro atoms. The molecule has 15 heavy (non-hydrogen) atoms. The Morgan fingerprint density at radius 3 is 2.67 bits per heavy atom. The second-order valence-corrected chi connectivity index (χ2v) is 3.61. The van der Waals surface area contributed by atoms with Crippen molar-refractivity contribution in [1.82, 2.24) is 4.98 Å². The van der Waals surface area contributed by atoms with Crippen LogP contribution in [0.3, 0.4) is 0 Å². The van der Waals surface area contributed by atoms with Gasteiger partial charge in [-0.3, -0.25) is 4.79 Å². The molecule has 0 amide bonds. The molecule has 80 valence electrons. The minimum atomic E-state index is -0.800. The zero-order chi connectivity index (χ0) is 10.9. The summed E-state index contributed by atoms with van der Waals surface area (Å²) in [6, 6.07) is 5.28. The Bertz CT molecular complexity index is 383. The second kappa shape index (κ2) is 3.72. The van der Waals surface area contributed by atoms with Crippen LogP contribution in [0.15, 0.2) is 18.2 Å². The summed E-state index contributed by atoms with van der Waals surface area (Å²) >= 11 is 0. The molecule has 0 radical (unpaired) electrons. The third kappa shape index (κ3) is 1.91. The maximum atomic E-state index is 11.2. The first-order valence-electron chi connectivity index (χ1n) is 4.88. The maximum Gasteiger partial charge on any atom is 0.209 e. The van der Waals surface area contributed by atoms with Crippen molar-refractivity contribution in [3.8, 4) is 0 Å². The molecule has 0 saturated carbocycles. The zero-order valence-corrected chi connectivity index (χ0v) is 8.82.